The topological polar surface area (TPSA) is 58.4 Å². The molecule has 0 aromatic heterocycles. The quantitative estimate of drug-likeness (QED) is 0.835. The first-order valence-corrected chi connectivity index (χ1v) is 9.93. The number of nitrogens with zero attached hydrogens (tertiary/aromatic N) is 1. The van der Waals surface area contributed by atoms with Gasteiger partial charge < -0.3 is 11.1 Å². The molecule has 0 spiro atoms. The van der Waals surface area contributed by atoms with Crippen molar-refractivity contribution in [1.29, 1.82) is 0 Å². The van der Waals surface area contributed by atoms with E-state index in [0.29, 0.717) is 19.0 Å². The Hall–Kier alpha value is -1.39. The maximum atomic E-state index is 12.4. The lowest BCUT2D eigenvalue weighted by atomic mass is 9.95. The highest BCUT2D eigenvalue weighted by atomic mass is 16.1. The number of nitrogens with one attached hydrogen (secondary N) is 1. The van der Waals surface area contributed by atoms with Crippen LogP contribution < -0.4 is 11.1 Å². The van der Waals surface area contributed by atoms with E-state index < -0.39 is 0 Å². The number of benzene rings is 1. The fraction of sp³-hybridized carbons (Fsp3) is 0.667. The SMILES string of the molecule is CC1CCN(Cc2cccc(CNC(=O)[C@@H]3CCC[C@@H]3CN)c2)CC1. The summed E-state index contributed by atoms with van der Waals surface area (Å²) in [5, 5.41) is 3.13. The molecule has 1 aliphatic carbocycles. The molecule has 2 atom stereocenters. The zero-order chi connectivity index (χ0) is 17.6. The number of rotatable bonds is 6. The molecular weight excluding hydrogens is 310 g/mol. The van der Waals surface area contributed by atoms with Gasteiger partial charge in [0.1, 0.15) is 0 Å². The number of nitrogens with two attached hydrogens (primary N) is 1. The Morgan fingerprint density at radius 3 is 2.72 bits per heavy atom. The molecule has 1 amide bonds. The van der Waals surface area contributed by atoms with Gasteiger partial charge in [0.05, 0.1) is 0 Å². The zero-order valence-electron chi connectivity index (χ0n) is 15.5. The third-order valence-electron chi connectivity index (χ3n) is 6.04. The van der Waals surface area contributed by atoms with Crippen molar-refractivity contribution in [3.8, 4) is 0 Å². The summed E-state index contributed by atoms with van der Waals surface area (Å²) in [6, 6.07) is 8.66. The summed E-state index contributed by atoms with van der Waals surface area (Å²) < 4.78 is 0. The van der Waals surface area contributed by atoms with Crippen LogP contribution in [0.2, 0.25) is 0 Å². The fourth-order valence-electron chi connectivity index (χ4n) is 4.30. The largest absolute Gasteiger partial charge is 0.352 e. The van der Waals surface area contributed by atoms with Crippen LogP contribution in [-0.4, -0.2) is 30.4 Å². The Kier molecular flexibility index (Phi) is 6.49. The fourth-order valence-corrected chi connectivity index (χ4v) is 4.30. The summed E-state index contributed by atoms with van der Waals surface area (Å²) in [5.74, 6) is 1.53. The summed E-state index contributed by atoms with van der Waals surface area (Å²) in [5.41, 5.74) is 8.34. The molecule has 1 saturated heterocycles. The Morgan fingerprint density at radius 2 is 1.96 bits per heavy atom. The summed E-state index contributed by atoms with van der Waals surface area (Å²) in [6.45, 7) is 7.01. The van der Waals surface area contributed by atoms with Gasteiger partial charge in [-0.25, -0.2) is 0 Å². The molecule has 0 bridgehead atoms. The first-order valence-electron chi connectivity index (χ1n) is 9.93. The van der Waals surface area contributed by atoms with Crippen LogP contribution >= 0.6 is 0 Å². The van der Waals surface area contributed by atoms with Crippen molar-refractivity contribution in [2.45, 2.75) is 52.1 Å². The van der Waals surface area contributed by atoms with Crippen LogP contribution in [0.15, 0.2) is 24.3 Å². The number of hydrogen-bond acceptors (Lipinski definition) is 3. The second-order valence-electron chi connectivity index (χ2n) is 8.03. The van der Waals surface area contributed by atoms with E-state index in [-0.39, 0.29) is 11.8 Å². The minimum atomic E-state index is 0.114. The van der Waals surface area contributed by atoms with Crippen molar-refractivity contribution in [3.05, 3.63) is 35.4 Å². The maximum Gasteiger partial charge on any atom is 0.223 e. The van der Waals surface area contributed by atoms with Gasteiger partial charge in [-0.15, -0.1) is 0 Å². The molecule has 1 saturated carbocycles. The van der Waals surface area contributed by atoms with Crippen LogP contribution in [-0.2, 0) is 17.9 Å². The van der Waals surface area contributed by atoms with Crippen molar-refractivity contribution in [3.63, 3.8) is 0 Å². The Bertz CT molecular complexity index is 566. The van der Waals surface area contributed by atoms with Gasteiger partial charge in [-0.3, -0.25) is 9.69 Å². The molecular formula is C21H33N3O. The van der Waals surface area contributed by atoms with E-state index in [1.165, 1.54) is 37.1 Å². The Balaban J connectivity index is 1.50. The number of amides is 1. The van der Waals surface area contributed by atoms with E-state index in [2.05, 4.69) is 41.4 Å². The van der Waals surface area contributed by atoms with Crippen LogP contribution in [0.25, 0.3) is 0 Å². The van der Waals surface area contributed by atoms with E-state index in [1.54, 1.807) is 0 Å². The number of carbonyl (C=O) groups is 1. The van der Waals surface area contributed by atoms with Crippen molar-refractivity contribution < 1.29 is 4.79 Å². The lowest BCUT2D eigenvalue weighted by Gasteiger charge is -2.30. The minimum absolute atomic E-state index is 0.114. The van der Waals surface area contributed by atoms with Crippen molar-refractivity contribution >= 4 is 5.91 Å². The first-order chi connectivity index (χ1) is 12.2. The Morgan fingerprint density at radius 1 is 1.20 bits per heavy atom. The molecule has 2 aliphatic rings. The monoisotopic (exact) mass is 343 g/mol. The molecule has 1 heterocycles. The smallest absolute Gasteiger partial charge is 0.223 e. The third-order valence-corrected chi connectivity index (χ3v) is 6.04. The van der Waals surface area contributed by atoms with Crippen molar-refractivity contribution in [2.24, 2.45) is 23.5 Å². The molecule has 1 aromatic carbocycles. The van der Waals surface area contributed by atoms with E-state index in [4.69, 9.17) is 5.73 Å². The molecule has 4 heteroatoms. The van der Waals surface area contributed by atoms with Gasteiger partial charge in [0.15, 0.2) is 0 Å². The highest BCUT2D eigenvalue weighted by molar-refractivity contribution is 5.79. The molecule has 1 aromatic rings. The van der Waals surface area contributed by atoms with E-state index in [9.17, 15) is 4.79 Å². The number of carbonyl (C=O) groups excluding carboxylic acids is 1. The molecule has 138 valence electrons. The minimum Gasteiger partial charge on any atom is -0.352 e. The van der Waals surface area contributed by atoms with Gasteiger partial charge in [-0.1, -0.05) is 37.6 Å². The van der Waals surface area contributed by atoms with Gasteiger partial charge >= 0.3 is 0 Å². The summed E-state index contributed by atoms with van der Waals surface area (Å²) >= 11 is 0. The second-order valence-corrected chi connectivity index (χ2v) is 8.03. The van der Waals surface area contributed by atoms with E-state index in [0.717, 1.165) is 31.7 Å². The molecule has 25 heavy (non-hydrogen) atoms. The van der Waals surface area contributed by atoms with Crippen LogP contribution in [0.4, 0.5) is 0 Å². The average molecular weight is 344 g/mol. The molecule has 0 radical (unpaired) electrons. The molecule has 4 nitrogen and oxygen atoms in total. The van der Waals surface area contributed by atoms with Crippen LogP contribution in [0.3, 0.4) is 0 Å². The number of piperidine rings is 1. The third kappa shape index (κ3) is 5.05. The second kappa shape index (κ2) is 8.81. The van der Waals surface area contributed by atoms with Gasteiger partial charge in [0.25, 0.3) is 0 Å². The van der Waals surface area contributed by atoms with Gasteiger partial charge in [0, 0.05) is 19.0 Å². The number of hydrogen-bond donors (Lipinski definition) is 2. The van der Waals surface area contributed by atoms with Crippen molar-refractivity contribution in [2.75, 3.05) is 19.6 Å². The van der Waals surface area contributed by atoms with Gasteiger partial charge in [0.2, 0.25) is 5.91 Å². The highest BCUT2D eigenvalue weighted by Crippen LogP contribution is 2.31. The van der Waals surface area contributed by atoms with Gasteiger partial charge in [-0.05, 0) is 68.3 Å². The molecule has 3 rings (SSSR count). The normalized spacial score (nSPS) is 25.2. The number of likely N-dealkylation sites (tertiary alicyclic amines) is 1. The molecule has 1 aliphatic heterocycles. The van der Waals surface area contributed by atoms with Crippen LogP contribution in [0.1, 0.15) is 50.2 Å². The van der Waals surface area contributed by atoms with E-state index in [1.807, 2.05) is 0 Å². The summed E-state index contributed by atoms with van der Waals surface area (Å²) in [4.78, 5) is 15.0. The van der Waals surface area contributed by atoms with Crippen LogP contribution in [0, 0.1) is 17.8 Å². The average Bonchev–Trinajstić information content (AvgIpc) is 3.11. The molecule has 3 N–H and O–H groups in total. The predicted molar refractivity (Wildman–Crippen MR) is 102 cm³/mol. The van der Waals surface area contributed by atoms with E-state index >= 15 is 0 Å². The zero-order valence-corrected chi connectivity index (χ0v) is 15.5. The lowest BCUT2D eigenvalue weighted by molar-refractivity contribution is -0.126. The standard InChI is InChI=1S/C21H33N3O/c1-16-8-10-24(11-9-16)15-18-5-2-4-17(12-18)14-23-21(25)20-7-3-6-19(20)13-22/h2,4-5,12,16,19-20H,3,6-11,13-15,22H2,1H3,(H,23,25)/t19-,20-/m1/s1. The van der Waals surface area contributed by atoms with Crippen LogP contribution in [0.5, 0.6) is 0 Å². The molecule has 2 fully saturated rings. The predicted octanol–water partition coefficient (Wildman–Crippen LogP) is 2.91. The molecule has 0 unspecified atom stereocenters. The summed E-state index contributed by atoms with van der Waals surface area (Å²) in [6.07, 6.45) is 5.82. The first kappa shape index (κ1) is 18.4. The Labute approximate surface area is 152 Å². The highest BCUT2D eigenvalue weighted by Gasteiger charge is 2.31. The maximum absolute atomic E-state index is 12.4. The van der Waals surface area contributed by atoms with Gasteiger partial charge in [-0.2, -0.15) is 0 Å². The lowest BCUT2D eigenvalue weighted by Crippen LogP contribution is -2.34. The summed E-state index contributed by atoms with van der Waals surface area (Å²) in [7, 11) is 0. The van der Waals surface area contributed by atoms with Crippen molar-refractivity contribution in [1.82, 2.24) is 10.2 Å².